The highest BCUT2D eigenvalue weighted by Crippen LogP contribution is 2.49. The molecule has 19 heavy (non-hydrogen) atoms. The number of hydrogen-bond acceptors (Lipinski definition) is 2. The second-order valence-electron chi connectivity index (χ2n) is 4.40. The average Bonchev–Trinajstić information content (AvgIpc) is 3.05. The Hall–Kier alpha value is -1.14. The third-order valence-corrected chi connectivity index (χ3v) is 3.78. The first-order valence-corrected chi connectivity index (χ1v) is 6.06. The van der Waals surface area contributed by atoms with Crippen molar-refractivity contribution in [3.05, 3.63) is 27.7 Å². The minimum atomic E-state index is -4.47. The molecule has 3 N–H and O–H groups in total. The summed E-state index contributed by atoms with van der Waals surface area (Å²) in [6, 6.07) is 2.37. The van der Waals surface area contributed by atoms with Crippen molar-refractivity contribution in [2.24, 2.45) is 0 Å². The molecule has 104 valence electrons. The Morgan fingerprint density at radius 2 is 1.89 bits per heavy atom. The van der Waals surface area contributed by atoms with Gasteiger partial charge in [0.05, 0.1) is 15.7 Å². The van der Waals surface area contributed by atoms with Gasteiger partial charge in [0, 0.05) is 5.56 Å². The second kappa shape index (κ2) is 4.45. The minimum Gasteiger partial charge on any atom is -0.397 e. The zero-order chi connectivity index (χ0) is 14.4. The van der Waals surface area contributed by atoms with E-state index in [0.717, 1.165) is 0 Å². The number of anilines is 1. The number of nitrogens with two attached hydrogens (primary N) is 1. The van der Waals surface area contributed by atoms with Crippen LogP contribution in [0.2, 0.25) is 10.0 Å². The SMILES string of the molecule is Nc1cc(C(=O)NC2(C(F)(F)F)CC2)cc(Cl)c1Cl. The Morgan fingerprint density at radius 1 is 1.32 bits per heavy atom. The van der Waals surface area contributed by atoms with Gasteiger partial charge in [-0.15, -0.1) is 0 Å². The maximum absolute atomic E-state index is 12.7. The van der Waals surface area contributed by atoms with Crippen molar-refractivity contribution in [2.45, 2.75) is 24.6 Å². The zero-order valence-electron chi connectivity index (χ0n) is 9.44. The molecule has 8 heteroatoms. The maximum atomic E-state index is 12.7. The molecule has 1 fully saturated rings. The van der Waals surface area contributed by atoms with Gasteiger partial charge in [-0.1, -0.05) is 23.2 Å². The Balaban J connectivity index is 2.22. The highest BCUT2D eigenvalue weighted by Gasteiger charge is 2.64. The number of nitrogens with one attached hydrogen (secondary N) is 1. The highest BCUT2D eigenvalue weighted by molar-refractivity contribution is 6.43. The number of carbonyl (C=O) groups is 1. The van der Waals surface area contributed by atoms with E-state index in [1.165, 1.54) is 12.1 Å². The zero-order valence-corrected chi connectivity index (χ0v) is 11.0. The average molecular weight is 313 g/mol. The van der Waals surface area contributed by atoms with Gasteiger partial charge in [-0.2, -0.15) is 13.2 Å². The van der Waals surface area contributed by atoms with Gasteiger partial charge in [0.1, 0.15) is 5.54 Å². The molecule has 0 radical (unpaired) electrons. The summed E-state index contributed by atoms with van der Waals surface area (Å²) in [5.41, 5.74) is 3.37. The van der Waals surface area contributed by atoms with Gasteiger partial charge < -0.3 is 11.1 Å². The Bertz CT molecular complexity index is 518. The van der Waals surface area contributed by atoms with Gasteiger partial charge in [0.15, 0.2) is 0 Å². The van der Waals surface area contributed by atoms with Crippen LogP contribution in [0.1, 0.15) is 23.2 Å². The molecule has 0 aliphatic heterocycles. The molecule has 3 nitrogen and oxygen atoms in total. The van der Waals surface area contributed by atoms with Crippen molar-refractivity contribution in [2.75, 3.05) is 5.73 Å². The Kier molecular flexibility index (Phi) is 3.35. The van der Waals surface area contributed by atoms with Gasteiger partial charge in [-0.25, -0.2) is 0 Å². The standard InChI is InChI=1S/C11H9Cl2F3N2O/c12-6-3-5(4-7(17)8(6)13)9(19)18-10(1-2-10)11(14,15)16/h3-4H,1-2,17H2,(H,18,19). The molecule has 0 spiro atoms. The number of halogens is 5. The first-order chi connectivity index (χ1) is 8.66. The van der Waals surface area contributed by atoms with E-state index in [2.05, 4.69) is 0 Å². The first-order valence-electron chi connectivity index (χ1n) is 5.30. The van der Waals surface area contributed by atoms with Gasteiger partial charge in [-0.3, -0.25) is 4.79 Å². The lowest BCUT2D eigenvalue weighted by Gasteiger charge is -2.20. The largest absolute Gasteiger partial charge is 0.411 e. The van der Waals surface area contributed by atoms with E-state index >= 15 is 0 Å². The van der Waals surface area contributed by atoms with E-state index in [9.17, 15) is 18.0 Å². The molecule has 1 amide bonds. The lowest BCUT2D eigenvalue weighted by atomic mass is 10.1. The number of alkyl halides is 3. The fourth-order valence-corrected chi connectivity index (χ4v) is 1.97. The molecule has 0 aromatic heterocycles. The van der Waals surface area contributed by atoms with Crippen LogP contribution in [0.5, 0.6) is 0 Å². The molecule has 1 aliphatic rings. The van der Waals surface area contributed by atoms with E-state index in [4.69, 9.17) is 28.9 Å². The lowest BCUT2D eigenvalue weighted by molar-refractivity contribution is -0.163. The summed E-state index contributed by atoms with van der Waals surface area (Å²) < 4.78 is 38.1. The number of nitrogen functional groups attached to an aromatic ring is 1. The van der Waals surface area contributed by atoms with Crippen LogP contribution in [0.25, 0.3) is 0 Å². The number of carbonyl (C=O) groups excluding carboxylic acids is 1. The Morgan fingerprint density at radius 3 is 2.32 bits per heavy atom. The van der Waals surface area contributed by atoms with Crippen molar-refractivity contribution < 1.29 is 18.0 Å². The molecule has 0 saturated heterocycles. The first kappa shape index (κ1) is 14.3. The van der Waals surface area contributed by atoms with E-state index in [1.54, 1.807) is 0 Å². The topological polar surface area (TPSA) is 55.1 Å². The summed E-state index contributed by atoms with van der Waals surface area (Å²) in [4.78, 5) is 11.8. The molecule has 0 atom stereocenters. The lowest BCUT2D eigenvalue weighted by Crippen LogP contribution is -2.47. The molecule has 2 rings (SSSR count). The Labute approximate surface area is 116 Å². The van der Waals surface area contributed by atoms with Crippen LogP contribution in [-0.2, 0) is 0 Å². The summed E-state index contributed by atoms with van der Waals surface area (Å²) in [6.45, 7) is 0. The van der Waals surface area contributed by atoms with Crippen molar-refractivity contribution in [1.29, 1.82) is 0 Å². The molecule has 1 aromatic rings. The number of benzene rings is 1. The molecule has 0 unspecified atom stereocenters. The molecule has 0 heterocycles. The maximum Gasteiger partial charge on any atom is 0.411 e. The van der Waals surface area contributed by atoms with Gasteiger partial charge in [-0.05, 0) is 25.0 Å². The van der Waals surface area contributed by atoms with Crippen LogP contribution in [0.15, 0.2) is 12.1 Å². The van der Waals surface area contributed by atoms with Crippen molar-refractivity contribution >= 4 is 34.8 Å². The molecule has 1 saturated carbocycles. The van der Waals surface area contributed by atoms with Crippen LogP contribution in [0.3, 0.4) is 0 Å². The van der Waals surface area contributed by atoms with E-state index < -0.39 is 17.6 Å². The van der Waals surface area contributed by atoms with Crippen molar-refractivity contribution in [1.82, 2.24) is 5.32 Å². The fourth-order valence-electron chi connectivity index (χ4n) is 1.64. The third kappa shape index (κ3) is 2.60. The normalized spacial score (nSPS) is 17.1. The number of rotatable bonds is 2. The van der Waals surface area contributed by atoms with Crippen LogP contribution < -0.4 is 11.1 Å². The van der Waals surface area contributed by atoms with E-state index in [-0.39, 0.29) is 34.1 Å². The van der Waals surface area contributed by atoms with Crippen LogP contribution in [-0.4, -0.2) is 17.6 Å². The van der Waals surface area contributed by atoms with Crippen LogP contribution in [0, 0.1) is 0 Å². The molecule has 1 aliphatic carbocycles. The summed E-state index contributed by atoms with van der Waals surface area (Å²) in [6.07, 6.45) is -4.72. The quantitative estimate of drug-likeness (QED) is 0.822. The summed E-state index contributed by atoms with van der Waals surface area (Å²) in [5, 5.41) is 2.06. The van der Waals surface area contributed by atoms with Crippen molar-refractivity contribution in [3.8, 4) is 0 Å². The van der Waals surface area contributed by atoms with Crippen LogP contribution >= 0.6 is 23.2 Å². The van der Waals surface area contributed by atoms with Gasteiger partial charge in [0.25, 0.3) is 5.91 Å². The van der Waals surface area contributed by atoms with E-state index in [0.29, 0.717) is 0 Å². The summed E-state index contributed by atoms with van der Waals surface area (Å²) in [5.74, 6) is -0.875. The van der Waals surface area contributed by atoms with Gasteiger partial charge >= 0.3 is 6.18 Å². The number of amides is 1. The smallest absolute Gasteiger partial charge is 0.397 e. The molecular formula is C11H9Cl2F3N2O. The van der Waals surface area contributed by atoms with E-state index in [1.807, 2.05) is 5.32 Å². The summed E-state index contributed by atoms with van der Waals surface area (Å²) in [7, 11) is 0. The monoisotopic (exact) mass is 312 g/mol. The molecule has 0 bridgehead atoms. The number of hydrogen-bond donors (Lipinski definition) is 2. The molecule has 1 aromatic carbocycles. The second-order valence-corrected chi connectivity index (χ2v) is 5.18. The molecular weight excluding hydrogens is 304 g/mol. The van der Waals surface area contributed by atoms with Crippen LogP contribution in [0.4, 0.5) is 18.9 Å². The van der Waals surface area contributed by atoms with Crippen molar-refractivity contribution in [3.63, 3.8) is 0 Å². The predicted octanol–water partition coefficient (Wildman–Crippen LogP) is 3.40. The minimum absolute atomic E-state index is 0.0173. The highest BCUT2D eigenvalue weighted by atomic mass is 35.5. The summed E-state index contributed by atoms with van der Waals surface area (Å²) >= 11 is 11.4. The third-order valence-electron chi connectivity index (χ3n) is 2.96. The van der Waals surface area contributed by atoms with Gasteiger partial charge in [0.2, 0.25) is 0 Å². The fraction of sp³-hybridized carbons (Fsp3) is 0.364. The predicted molar refractivity (Wildman–Crippen MR) is 66.4 cm³/mol.